The van der Waals surface area contributed by atoms with Crippen LogP contribution in [0.1, 0.15) is 24.6 Å². The fourth-order valence-corrected chi connectivity index (χ4v) is 2.68. The van der Waals surface area contributed by atoms with E-state index in [0.29, 0.717) is 6.54 Å². The van der Waals surface area contributed by atoms with Gasteiger partial charge < -0.3 is 15.6 Å². The van der Waals surface area contributed by atoms with E-state index in [0.717, 1.165) is 19.3 Å². The van der Waals surface area contributed by atoms with E-state index in [1.54, 1.807) is 6.20 Å². The number of hydrogen-bond acceptors (Lipinski definition) is 2. The molecule has 0 atom stereocenters. The fourth-order valence-electron chi connectivity index (χ4n) is 2.68. The Balaban J connectivity index is 2.61. The molecular weight excluding hydrogens is 246 g/mol. The molecular formula is C17H23N3. The predicted molar refractivity (Wildman–Crippen MR) is 87.4 cm³/mol. The van der Waals surface area contributed by atoms with Gasteiger partial charge in [0.15, 0.2) is 0 Å². The molecule has 0 saturated carbocycles. The van der Waals surface area contributed by atoms with Gasteiger partial charge in [-0.3, -0.25) is 0 Å². The molecule has 3 heteroatoms. The molecule has 1 aromatic carbocycles. The molecule has 3 nitrogen and oxygen atoms in total. The SMILES string of the molecule is C=CN/C=C/n1c(CCN)c(CCC)c2ccccc21. The number of nitrogens with one attached hydrogen (secondary N) is 1. The average molecular weight is 269 g/mol. The number of nitrogens with two attached hydrogens (primary N) is 1. The van der Waals surface area contributed by atoms with Gasteiger partial charge in [-0.05, 0) is 30.8 Å². The lowest BCUT2D eigenvalue weighted by atomic mass is 10.0. The van der Waals surface area contributed by atoms with Crippen molar-refractivity contribution in [3.63, 3.8) is 0 Å². The molecule has 0 spiro atoms. The summed E-state index contributed by atoms with van der Waals surface area (Å²) in [5.74, 6) is 0. The highest BCUT2D eigenvalue weighted by Crippen LogP contribution is 2.28. The number of benzene rings is 1. The Hall–Kier alpha value is -2.00. The van der Waals surface area contributed by atoms with Crippen LogP contribution in [0.25, 0.3) is 17.1 Å². The molecule has 2 aromatic rings. The molecule has 3 N–H and O–H groups in total. The van der Waals surface area contributed by atoms with Gasteiger partial charge in [-0.25, -0.2) is 0 Å². The first-order valence-electron chi connectivity index (χ1n) is 7.17. The van der Waals surface area contributed by atoms with Crippen LogP contribution in [0, 0.1) is 0 Å². The topological polar surface area (TPSA) is 43.0 Å². The van der Waals surface area contributed by atoms with Crippen LogP contribution in [-0.2, 0) is 12.8 Å². The third-order valence-electron chi connectivity index (χ3n) is 3.45. The van der Waals surface area contributed by atoms with Gasteiger partial charge in [0, 0.05) is 29.9 Å². The van der Waals surface area contributed by atoms with Crippen LogP contribution in [0.15, 0.2) is 43.2 Å². The zero-order valence-electron chi connectivity index (χ0n) is 12.1. The maximum atomic E-state index is 5.80. The van der Waals surface area contributed by atoms with Crippen LogP contribution in [-0.4, -0.2) is 11.1 Å². The minimum absolute atomic E-state index is 0.662. The van der Waals surface area contributed by atoms with Crippen LogP contribution < -0.4 is 11.1 Å². The van der Waals surface area contributed by atoms with Crippen molar-refractivity contribution in [3.8, 4) is 0 Å². The first-order chi connectivity index (χ1) is 9.83. The molecule has 0 bridgehead atoms. The molecule has 106 valence electrons. The van der Waals surface area contributed by atoms with Gasteiger partial charge in [0.1, 0.15) is 0 Å². The van der Waals surface area contributed by atoms with Crippen LogP contribution in [0.4, 0.5) is 0 Å². The first-order valence-corrected chi connectivity index (χ1v) is 7.17. The predicted octanol–water partition coefficient (Wildman–Crippen LogP) is 3.26. The second-order valence-corrected chi connectivity index (χ2v) is 4.79. The van der Waals surface area contributed by atoms with Gasteiger partial charge in [0.05, 0.1) is 5.52 Å². The number of para-hydroxylation sites is 1. The second kappa shape index (κ2) is 6.96. The Morgan fingerprint density at radius 1 is 1.30 bits per heavy atom. The Bertz CT molecular complexity index is 608. The number of rotatable bonds is 7. The molecule has 1 heterocycles. The molecule has 0 fully saturated rings. The summed E-state index contributed by atoms with van der Waals surface area (Å²) < 4.78 is 2.24. The number of aromatic nitrogens is 1. The Labute approximate surface area is 120 Å². The van der Waals surface area contributed by atoms with Crippen LogP contribution in [0.2, 0.25) is 0 Å². The third kappa shape index (κ3) is 2.78. The van der Waals surface area contributed by atoms with E-state index < -0.39 is 0 Å². The molecule has 0 saturated heterocycles. The Kier molecular flexibility index (Phi) is 5.02. The summed E-state index contributed by atoms with van der Waals surface area (Å²) in [6.07, 6.45) is 8.73. The van der Waals surface area contributed by atoms with E-state index in [1.165, 1.54) is 22.2 Å². The summed E-state index contributed by atoms with van der Waals surface area (Å²) in [4.78, 5) is 0. The van der Waals surface area contributed by atoms with Crippen molar-refractivity contribution in [3.05, 3.63) is 54.5 Å². The van der Waals surface area contributed by atoms with Crippen molar-refractivity contribution in [2.24, 2.45) is 5.73 Å². The molecule has 2 rings (SSSR count). The van der Waals surface area contributed by atoms with E-state index in [9.17, 15) is 0 Å². The van der Waals surface area contributed by atoms with E-state index in [2.05, 4.69) is 47.7 Å². The number of aryl methyl sites for hydroxylation is 1. The Morgan fingerprint density at radius 2 is 2.10 bits per heavy atom. The van der Waals surface area contributed by atoms with Gasteiger partial charge >= 0.3 is 0 Å². The normalized spacial score (nSPS) is 11.3. The minimum atomic E-state index is 0.662. The maximum absolute atomic E-state index is 5.80. The quantitative estimate of drug-likeness (QED) is 0.810. The van der Waals surface area contributed by atoms with Crippen molar-refractivity contribution in [2.75, 3.05) is 6.54 Å². The fraction of sp³-hybridized carbons (Fsp3) is 0.294. The molecule has 0 unspecified atom stereocenters. The van der Waals surface area contributed by atoms with Crippen LogP contribution in [0.5, 0.6) is 0 Å². The molecule has 20 heavy (non-hydrogen) atoms. The maximum Gasteiger partial charge on any atom is 0.0528 e. The zero-order valence-corrected chi connectivity index (χ0v) is 12.1. The number of hydrogen-bond donors (Lipinski definition) is 2. The molecule has 1 aromatic heterocycles. The molecule has 0 aliphatic carbocycles. The molecule has 0 aliphatic rings. The van der Waals surface area contributed by atoms with Gasteiger partial charge in [-0.2, -0.15) is 0 Å². The summed E-state index contributed by atoms with van der Waals surface area (Å²) in [5.41, 5.74) is 9.78. The molecule has 0 amide bonds. The summed E-state index contributed by atoms with van der Waals surface area (Å²) in [7, 11) is 0. The van der Waals surface area contributed by atoms with E-state index >= 15 is 0 Å². The van der Waals surface area contributed by atoms with Crippen LogP contribution >= 0.6 is 0 Å². The highest BCUT2D eigenvalue weighted by atomic mass is 15.0. The lowest BCUT2D eigenvalue weighted by Gasteiger charge is -2.07. The van der Waals surface area contributed by atoms with Crippen molar-refractivity contribution in [2.45, 2.75) is 26.2 Å². The van der Waals surface area contributed by atoms with Gasteiger partial charge in [-0.15, -0.1) is 0 Å². The van der Waals surface area contributed by atoms with Gasteiger partial charge in [0.25, 0.3) is 0 Å². The molecule has 0 radical (unpaired) electrons. The highest BCUT2D eigenvalue weighted by molar-refractivity contribution is 5.87. The highest BCUT2D eigenvalue weighted by Gasteiger charge is 2.14. The summed E-state index contributed by atoms with van der Waals surface area (Å²) >= 11 is 0. The number of fused-ring (bicyclic) bond motifs is 1. The first kappa shape index (κ1) is 14.4. The summed E-state index contributed by atoms with van der Waals surface area (Å²) in [5, 5.41) is 4.34. The second-order valence-electron chi connectivity index (χ2n) is 4.79. The van der Waals surface area contributed by atoms with Crippen molar-refractivity contribution in [1.82, 2.24) is 9.88 Å². The standard InChI is InChI=1S/C17H23N3/c1-3-7-14-15-8-5-6-9-16(15)20(13-12-19-4-2)17(14)10-11-18/h4-6,8-9,12-13,19H,2-3,7,10-11,18H2,1H3/b13-12+. The zero-order chi connectivity index (χ0) is 14.4. The minimum Gasteiger partial charge on any atom is -0.367 e. The van der Waals surface area contributed by atoms with E-state index in [-0.39, 0.29) is 0 Å². The lowest BCUT2D eigenvalue weighted by Crippen LogP contribution is -2.08. The Morgan fingerprint density at radius 3 is 2.80 bits per heavy atom. The number of nitrogens with zero attached hydrogens (tertiary/aromatic N) is 1. The summed E-state index contributed by atoms with van der Waals surface area (Å²) in [6, 6.07) is 8.54. The van der Waals surface area contributed by atoms with Gasteiger partial charge in [-0.1, -0.05) is 38.1 Å². The van der Waals surface area contributed by atoms with E-state index in [4.69, 9.17) is 5.73 Å². The smallest absolute Gasteiger partial charge is 0.0528 e. The van der Waals surface area contributed by atoms with Crippen molar-refractivity contribution < 1.29 is 0 Å². The van der Waals surface area contributed by atoms with Gasteiger partial charge in [0.2, 0.25) is 0 Å². The van der Waals surface area contributed by atoms with E-state index in [1.807, 2.05) is 12.4 Å². The molecule has 0 aliphatic heterocycles. The monoisotopic (exact) mass is 269 g/mol. The van der Waals surface area contributed by atoms with Crippen LogP contribution in [0.3, 0.4) is 0 Å². The third-order valence-corrected chi connectivity index (χ3v) is 3.45. The lowest BCUT2D eigenvalue weighted by molar-refractivity contribution is 0.850. The van der Waals surface area contributed by atoms with Crippen molar-refractivity contribution in [1.29, 1.82) is 0 Å². The average Bonchev–Trinajstić information content (AvgIpc) is 2.75. The summed E-state index contributed by atoms with van der Waals surface area (Å²) in [6.45, 7) is 6.53. The van der Waals surface area contributed by atoms with Crippen molar-refractivity contribution >= 4 is 17.1 Å². The largest absolute Gasteiger partial charge is 0.367 e.